The van der Waals surface area contributed by atoms with Gasteiger partial charge < -0.3 is 10.1 Å². The van der Waals surface area contributed by atoms with E-state index in [2.05, 4.69) is 10.3 Å². The number of carbonyl (C=O) groups excluding carboxylic acids is 1. The van der Waals surface area contributed by atoms with E-state index in [0.29, 0.717) is 6.42 Å². The van der Waals surface area contributed by atoms with Crippen LogP contribution in [0.5, 0.6) is 5.75 Å². The van der Waals surface area contributed by atoms with E-state index in [4.69, 9.17) is 4.74 Å². The molecule has 3 rings (SSSR count). The third-order valence-corrected chi connectivity index (χ3v) is 4.77. The Bertz CT molecular complexity index is 1150. The van der Waals surface area contributed by atoms with Gasteiger partial charge in [0.15, 0.2) is 0 Å². The zero-order chi connectivity index (χ0) is 20.4. The molecule has 8 heteroatoms. The summed E-state index contributed by atoms with van der Waals surface area (Å²) in [5.74, 6) is 0.362. The minimum atomic E-state index is -0.493. The van der Waals surface area contributed by atoms with Crippen LogP contribution in [0.15, 0.2) is 46.0 Å². The molecule has 0 radical (unpaired) electrons. The van der Waals surface area contributed by atoms with Gasteiger partial charge in [-0.15, -0.1) is 0 Å². The summed E-state index contributed by atoms with van der Waals surface area (Å²) in [5.41, 5.74) is 0.328. The van der Waals surface area contributed by atoms with Gasteiger partial charge in [0.25, 0.3) is 11.5 Å². The van der Waals surface area contributed by atoms with Gasteiger partial charge >= 0.3 is 5.69 Å². The van der Waals surface area contributed by atoms with E-state index < -0.39 is 11.2 Å². The number of aromatic nitrogens is 3. The van der Waals surface area contributed by atoms with Crippen molar-refractivity contribution in [3.05, 3.63) is 68.5 Å². The Hall–Kier alpha value is -3.42. The molecule has 8 nitrogen and oxygen atoms in total. The normalized spacial score (nSPS) is 12.0. The van der Waals surface area contributed by atoms with Gasteiger partial charge in [-0.2, -0.15) is 0 Å². The van der Waals surface area contributed by atoms with E-state index in [9.17, 15) is 14.4 Å². The molecule has 1 atom stereocenters. The summed E-state index contributed by atoms with van der Waals surface area (Å²) in [5, 5.41) is 3.23. The quantitative estimate of drug-likeness (QED) is 0.722. The number of carbonyl (C=O) groups is 1. The van der Waals surface area contributed by atoms with Gasteiger partial charge in [-0.1, -0.05) is 19.1 Å². The van der Waals surface area contributed by atoms with Gasteiger partial charge in [0.2, 0.25) is 0 Å². The van der Waals surface area contributed by atoms with Crippen LogP contribution in [0.2, 0.25) is 0 Å². The zero-order valence-electron chi connectivity index (χ0n) is 16.2. The molecule has 0 aliphatic carbocycles. The minimum absolute atomic E-state index is 0.141. The Morgan fingerprint density at radius 3 is 2.39 bits per heavy atom. The zero-order valence-corrected chi connectivity index (χ0v) is 16.2. The number of benzene rings is 1. The van der Waals surface area contributed by atoms with E-state index in [1.807, 2.05) is 31.2 Å². The summed E-state index contributed by atoms with van der Waals surface area (Å²) in [6.07, 6.45) is 0.685. The van der Waals surface area contributed by atoms with Crippen molar-refractivity contribution in [2.75, 3.05) is 7.11 Å². The minimum Gasteiger partial charge on any atom is -0.497 e. The number of ether oxygens (including phenoxy) is 1. The molecule has 1 unspecified atom stereocenters. The molecule has 3 aromatic rings. The average Bonchev–Trinajstić information content (AvgIpc) is 2.74. The largest absolute Gasteiger partial charge is 0.497 e. The molecule has 28 heavy (non-hydrogen) atoms. The molecule has 0 fully saturated rings. The van der Waals surface area contributed by atoms with Gasteiger partial charge in [0, 0.05) is 14.1 Å². The summed E-state index contributed by atoms with van der Waals surface area (Å²) in [7, 11) is 4.52. The summed E-state index contributed by atoms with van der Waals surface area (Å²) in [6, 6.07) is 10.3. The lowest BCUT2D eigenvalue weighted by molar-refractivity contribution is 0.0931. The lowest BCUT2D eigenvalue weighted by Crippen LogP contribution is -2.37. The molecule has 0 saturated heterocycles. The van der Waals surface area contributed by atoms with Gasteiger partial charge in [-0.25, -0.2) is 9.78 Å². The van der Waals surface area contributed by atoms with E-state index in [0.717, 1.165) is 15.9 Å². The smallest absolute Gasteiger partial charge is 0.332 e. The number of amides is 1. The van der Waals surface area contributed by atoms with Gasteiger partial charge in [-0.05, 0) is 36.2 Å². The van der Waals surface area contributed by atoms with Gasteiger partial charge in [0.1, 0.15) is 17.1 Å². The van der Waals surface area contributed by atoms with Crippen molar-refractivity contribution in [2.24, 2.45) is 14.1 Å². The molecule has 2 heterocycles. The van der Waals surface area contributed by atoms with Crippen LogP contribution >= 0.6 is 0 Å². The fourth-order valence-electron chi connectivity index (χ4n) is 3.07. The van der Waals surface area contributed by atoms with Crippen LogP contribution < -0.4 is 21.3 Å². The third kappa shape index (κ3) is 3.40. The van der Waals surface area contributed by atoms with Crippen LogP contribution in [0.25, 0.3) is 11.0 Å². The van der Waals surface area contributed by atoms with Crippen LogP contribution in [0.4, 0.5) is 0 Å². The summed E-state index contributed by atoms with van der Waals surface area (Å²) >= 11 is 0. The number of rotatable bonds is 5. The van der Waals surface area contributed by atoms with Crippen LogP contribution in [-0.2, 0) is 14.1 Å². The Morgan fingerprint density at radius 1 is 1.11 bits per heavy atom. The van der Waals surface area contributed by atoms with Gasteiger partial charge in [0.05, 0.1) is 18.5 Å². The van der Waals surface area contributed by atoms with Crippen LogP contribution in [0.1, 0.15) is 35.4 Å². The van der Waals surface area contributed by atoms with E-state index >= 15 is 0 Å². The number of pyridine rings is 1. The number of aryl methyl sites for hydroxylation is 1. The van der Waals surface area contributed by atoms with Crippen molar-refractivity contribution >= 4 is 16.9 Å². The predicted molar refractivity (Wildman–Crippen MR) is 106 cm³/mol. The highest BCUT2D eigenvalue weighted by molar-refractivity contribution is 5.94. The molecule has 1 N–H and O–H groups in total. The Kier molecular flexibility index (Phi) is 5.30. The number of fused-ring (bicyclic) bond motifs is 1. The van der Waals surface area contributed by atoms with Crippen molar-refractivity contribution in [1.82, 2.24) is 19.4 Å². The first-order valence-electron chi connectivity index (χ1n) is 8.89. The average molecular weight is 382 g/mol. The van der Waals surface area contributed by atoms with Crippen LogP contribution in [-0.4, -0.2) is 27.1 Å². The maximum absolute atomic E-state index is 12.7. The molecule has 0 bridgehead atoms. The maximum Gasteiger partial charge on any atom is 0.332 e. The Morgan fingerprint density at radius 2 is 1.79 bits per heavy atom. The van der Waals surface area contributed by atoms with Crippen molar-refractivity contribution in [3.63, 3.8) is 0 Å². The molecule has 1 amide bonds. The lowest BCUT2D eigenvalue weighted by atomic mass is 10.0. The fourth-order valence-corrected chi connectivity index (χ4v) is 3.07. The number of hydrogen-bond acceptors (Lipinski definition) is 5. The lowest BCUT2D eigenvalue weighted by Gasteiger charge is -2.18. The first kappa shape index (κ1) is 19.3. The fraction of sp³-hybridized carbons (Fsp3) is 0.300. The first-order chi connectivity index (χ1) is 13.4. The molecule has 2 aromatic heterocycles. The number of methoxy groups -OCH3 is 1. The standard InChI is InChI=1S/C20H22N4O4/c1-5-15(12-6-8-13(28-4)9-7-12)22-18(25)16-11-10-14-17(21-16)23(2)20(27)24(3)19(14)26/h6-11,15H,5H2,1-4H3,(H,22,25). The number of hydrogen-bond donors (Lipinski definition) is 1. The second-order valence-electron chi connectivity index (χ2n) is 6.48. The maximum atomic E-state index is 12.7. The van der Waals surface area contributed by atoms with Gasteiger partial charge in [-0.3, -0.25) is 18.7 Å². The van der Waals surface area contributed by atoms with Crippen LogP contribution in [0, 0.1) is 0 Å². The summed E-state index contributed by atoms with van der Waals surface area (Å²) in [6.45, 7) is 1.97. The van der Waals surface area contributed by atoms with E-state index in [-0.39, 0.29) is 28.7 Å². The highest BCUT2D eigenvalue weighted by atomic mass is 16.5. The monoisotopic (exact) mass is 382 g/mol. The second-order valence-corrected chi connectivity index (χ2v) is 6.48. The predicted octanol–water partition coefficient (Wildman–Crippen LogP) is 1.52. The first-order valence-corrected chi connectivity index (χ1v) is 8.89. The molecule has 0 saturated carbocycles. The summed E-state index contributed by atoms with van der Waals surface area (Å²) < 4.78 is 7.43. The third-order valence-electron chi connectivity index (χ3n) is 4.77. The molecule has 1 aromatic carbocycles. The Labute approximate surface area is 161 Å². The van der Waals surface area contributed by atoms with Crippen molar-refractivity contribution in [3.8, 4) is 5.75 Å². The highest BCUT2D eigenvalue weighted by Gasteiger charge is 2.17. The van der Waals surface area contributed by atoms with Crippen molar-refractivity contribution in [1.29, 1.82) is 0 Å². The number of nitrogens with one attached hydrogen (secondary N) is 1. The molecule has 0 aliphatic heterocycles. The SMILES string of the molecule is CCC(NC(=O)c1ccc2c(=O)n(C)c(=O)n(C)c2n1)c1ccc(OC)cc1. The molecule has 146 valence electrons. The van der Waals surface area contributed by atoms with E-state index in [1.165, 1.54) is 30.8 Å². The molecular weight excluding hydrogens is 360 g/mol. The molecule has 0 spiro atoms. The van der Waals surface area contributed by atoms with Crippen LogP contribution in [0.3, 0.4) is 0 Å². The molecule has 0 aliphatic rings. The molecular formula is C20H22N4O4. The highest BCUT2D eigenvalue weighted by Crippen LogP contribution is 2.20. The van der Waals surface area contributed by atoms with Crippen molar-refractivity contribution < 1.29 is 9.53 Å². The topological polar surface area (TPSA) is 95.2 Å². The van der Waals surface area contributed by atoms with Crippen molar-refractivity contribution in [2.45, 2.75) is 19.4 Å². The Balaban J connectivity index is 1.94. The van der Waals surface area contributed by atoms with E-state index in [1.54, 1.807) is 7.11 Å². The summed E-state index contributed by atoms with van der Waals surface area (Å²) in [4.78, 5) is 41.4. The second kappa shape index (κ2) is 7.67. The number of nitrogens with zero attached hydrogens (tertiary/aromatic N) is 3.